The number of fused-ring (bicyclic) bond motifs is 1. The number of rotatable bonds is 4. The first-order chi connectivity index (χ1) is 12.6. The van der Waals surface area contributed by atoms with Crippen LogP contribution in [0.3, 0.4) is 0 Å². The summed E-state index contributed by atoms with van der Waals surface area (Å²) in [4.78, 5) is 22.6. The van der Waals surface area contributed by atoms with Crippen molar-refractivity contribution in [2.45, 2.75) is 13.3 Å². The molecule has 1 aromatic carbocycles. The second-order valence-electron chi connectivity index (χ2n) is 6.50. The van der Waals surface area contributed by atoms with Crippen molar-refractivity contribution in [2.75, 3.05) is 32.7 Å². The molecule has 0 bridgehead atoms. The van der Waals surface area contributed by atoms with Crippen LogP contribution in [-0.2, 0) is 11.2 Å². The Morgan fingerprint density at radius 2 is 1.92 bits per heavy atom. The van der Waals surface area contributed by atoms with Crippen LogP contribution in [0.2, 0.25) is 5.02 Å². The quantitative estimate of drug-likeness (QED) is 0.687. The highest BCUT2D eigenvalue weighted by molar-refractivity contribution is 7.15. The lowest BCUT2D eigenvalue weighted by Crippen LogP contribution is -2.48. The average Bonchev–Trinajstić information content (AvgIpc) is 3.24. The van der Waals surface area contributed by atoms with E-state index in [4.69, 9.17) is 11.6 Å². The highest BCUT2D eigenvalue weighted by Crippen LogP contribution is 2.25. The smallest absolute Gasteiger partial charge is 0.228 e. The van der Waals surface area contributed by atoms with Crippen LogP contribution in [0.15, 0.2) is 35.8 Å². The third-order valence-electron chi connectivity index (χ3n) is 4.93. The van der Waals surface area contributed by atoms with Crippen LogP contribution in [-0.4, -0.2) is 57.8 Å². The summed E-state index contributed by atoms with van der Waals surface area (Å²) in [6.07, 6.45) is 2.43. The normalized spacial score (nSPS) is 15.7. The second-order valence-corrected chi connectivity index (χ2v) is 7.78. The van der Waals surface area contributed by atoms with Gasteiger partial charge in [0.25, 0.3) is 0 Å². The summed E-state index contributed by atoms with van der Waals surface area (Å²) >= 11 is 7.53. The third-order valence-corrected chi connectivity index (χ3v) is 6.07. The number of aromatic nitrogens is 2. The zero-order valence-corrected chi connectivity index (χ0v) is 16.3. The molecule has 0 spiro atoms. The van der Waals surface area contributed by atoms with Gasteiger partial charge in [0.15, 0.2) is 4.96 Å². The van der Waals surface area contributed by atoms with Gasteiger partial charge in [-0.1, -0.05) is 30.7 Å². The molecule has 0 unspecified atom stereocenters. The third kappa shape index (κ3) is 3.49. The molecule has 0 atom stereocenters. The molecule has 7 heteroatoms. The Labute approximate surface area is 161 Å². The molecule has 1 saturated heterocycles. The van der Waals surface area contributed by atoms with Crippen LogP contribution < -0.4 is 0 Å². The monoisotopic (exact) mass is 388 g/mol. The Balaban J connectivity index is 1.50. The molecule has 1 aliphatic heterocycles. The fourth-order valence-corrected chi connectivity index (χ4v) is 4.30. The lowest BCUT2D eigenvalue weighted by molar-refractivity contribution is -0.132. The van der Waals surface area contributed by atoms with Gasteiger partial charge in [-0.2, -0.15) is 0 Å². The number of benzene rings is 1. The molecule has 4 rings (SSSR count). The molecular weight excluding hydrogens is 368 g/mol. The zero-order chi connectivity index (χ0) is 18.1. The molecule has 26 heavy (non-hydrogen) atoms. The Kier molecular flexibility index (Phi) is 4.98. The number of carbonyl (C=O) groups excluding carboxylic acids is 1. The molecule has 1 fully saturated rings. The van der Waals surface area contributed by atoms with Crippen LogP contribution in [0.5, 0.6) is 0 Å². The van der Waals surface area contributed by atoms with Crippen molar-refractivity contribution in [1.82, 2.24) is 19.2 Å². The largest absolute Gasteiger partial charge is 0.340 e. The lowest BCUT2D eigenvalue weighted by atomic mass is 10.2. The highest BCUT2D eigenvalue weighted by Gasteiger charge is 2.21. The van der Waals surface area contributed by atoms with E-state index in [1.165, 1.54) is 0 Å². The highest BCUT2D eigenvalue weighted by atomic mass is 35.5. The van der Waals surface area contributed by atoms with Gasteiger partial charge >= 0.3 is 0 Å². The first kappa shape index (κ1) is 17.5. The summed E-state index contributed by atoms with van der Waals surface area (Å²) in [5, 5.41) is 2.75. The van der Waals surface area contributed by atoms with E-state index in [-0.39, 0.29) is 5.91 Å². The van der Waals surface area contributed by atoms with Crippen molar-refractivity contribution in [3.05, 3.63) is 46.6 Å². The van der Waals surface area contributed by atoms with Crippen molar-refractivity contribution < 1.29 is 4.79 Å². The molecule has 3 heterocycles. The number of nitrogens with zero attached hydrogens (tertiary/aromatic N) is 4. The van der Waals surface area contributed by atoms with Crippen LogP contribution in [0.4, 0.5) is 0 Å². The predicted molar refractivity (Wildman–Crippen MR) is 106 cm³/mol. The Bertz CT molecular complexity index is 909. The van der Waals surface area contributed by atoms with Crippen LogP contribution in [0.1, 0.15) is 12.6 Å². The van der Waals surface area contributed by atoms with Crippen molar-refractivity contribution in [1.29, 1.82) is 0 Å². The number of thiazole rings is 1. The van der Waals surface area contributed by atoms with Crippen molar-refractivity contribution >= 4 is 33.8 Å². The average molecular weight is 389 g/mol. The number of piperazine rings is 1. The van der Waals surface area contributed by atoms with Gasteiger partial charge in [-0.25, -0.2) is 4.98 Å². The molecule has 0 aliphatic carbocycles. The summed E-state index contributed by atoms with van der Waals surface area (Å²) in [5.74, 6) is 0.196. The van der Waals surface area contributed by atoms with Crippen molar-refractivity contribution in [3.8, 4) is 11.3 Å². The van der Waals surface area contributed by atoms with Gasteiger partial charge in [-0.15, -0.1) is 11.3 Å². The maximum Gasteiger partial charge on any atom is 0.228 e. The topological polar surface area (TPSA) is 40.8 Å². The van der Waals surface area contributed by atoms with Gasteiger partial charge in [-0.3, -0.25) is 9.20 Å². The molecule has 1 aliphatic rings. The standard InChI is InChI=1S/C19H21ClN4OS/c1-2-22-7-9-23(10-8-22)18(25)11-16-13-26-19-21-17(12-24(16)19)14-3-5-15(20)6-4-14/h3-6,12-13H,2,7-11H2,1H3. The van der Waals surface area contributed by atoms with Crippen LogP contribution in [0.25, 0.3) is 16.2 Å². The molecule has 0 radical (unpaired) electrons. The predicted octanol–water partition coefficient (Wildman–Crippen LogP) is 3.42. The number of likely N-dealkylation sites (N-methyl/N-ethyl adjacent to an activating group) is 1. The SMILES string of the molecule is CCN1CCN(C(=O)Cc2csc3nc(-c4ccc(Cl)cc4)cn23)CC1. The summed E-state index contributed by atoms with van der Waals surface area (Å²) in [6, 6.07) is 7.66. The fourth-order valence-electron chi connectivity index (χ4n) is 3.30. The molecule has 3 aromatic rings. The van der Waals surface area contributed by atoms with Gasteiger partial charge < -0.3 is 9.80 Å². The molecule has 136 valence electrons. The zero-order valence-electron chi connectivity index (χ0n) is 14.7. The Hall–Kier alpha value is -1.89. The van der Waals surface area contributed by atoms with E-state index >= 15 is 0 Å². The van der Waals surface area contributed by atoms with Gasteiger partial charge in [-0.05, 0) is 18.7 Å². The first-order valence-corrected chi connectivity index (χ1v) is 10.1. The van der Waals surface area contributed by atoms with E-state index in [2.05, 4.69) is 16.8 Å². The van der Waals surface area contributed by atoms with E-state index in [0.29, 0.717) is 11.4 Å². The first-order valence-electron chi connectivity index (χ1n) is 8.85. The summed E-state index contributed by atoms with van der Waals surface area (Å²) in [7, 11) is 0. The maximum atomic E-state index is 12.7. The van der Waals surface area contributed by atoms with E-state index in [0.717, 1.165) is 54.6 Å². The molecule has 0 N–H and O–H groups in total. The Morgan fingerprint density at radius 3 is 2.62 bits per heavy atom. The molecule has 1 amide bonds. The van der Waals surface area contributed by atoms with Gasteiger partial charge in [0, 0.05) is 54.0 Å². The molecule has 2 aromatic heterocycles. The van der Waals surface area contributed by atoms with E-state index in [1.54, 1.807) is 11.3 Å². The summed E-state index contributed by atoms with van der Waals surface area (Å²) < 4.78 is 2.04. The fraction of sp³-hybridized carbons (Fsp3) is 0.368. The summed E-state index contributed by atoms with van der Waals surface area (Å²) in [6.45, 7) is 6.78. The van der Waals surface area contributed by atoms with Crippen LogP contribution >= 0.6 is 22.9 Å². The summed E-state index contributed by atoms with van der Waals surface area (Å²) in [5.41, 5.74) is 2.93. The maximum absolute atomic E-state index is 12.7. The number of hydrogen-bond donors (Lipinski definition) is 0. The van der Waals surface area contributed by atoms with E-state index < -0.39 is 0 Å². The number of carbonyl (C=O) groups is 1. The van der Waals surface area contributed by atoms with Gasteiger partial charge in [0.05, 0.1) is 12.1 Å². The van der Waals surface area contributed by atoms with Crippen molar-refractivity contribution in [2.24, 2.45) is 0 Å². The van der Waals surface area contributed by atoms with E-state index in [1.807, 2.05) is 45.1 Å². The number of imidazole rings is 1. The Morgan fingerprint density at radius 1 is 1.19 bits per heavy atom. The van der Waals surface area contributed by atoms with Gasteiger partial charge in [0.2, 0.25) is 5.91 Å². The second kappa shape index (κ2) is 7.39. The number of amides is 1. The minimum absolute atomic E-state index is 0.196. The number of halogens is 1. The van der Waals surface area contributed by atoms with E-state index in [9.17, 15) is 4.79 Å². The number of hydrogen-bond acceptors (Lipinski definition) is 4. The molecular formula is C19H21ClN4OS. The van der Waals surface area contributed by atoms with Crippen molar-refractivity contribution in [3.63, 3.8) is 0 Å². The molecule has 5 nitrogen and oxygen atoms in total. The van der Waals surface area contributed by atoms with Gasteiger partial charge in [0.1, 0.15) is 0 Å². The molecule has 0 saturated carbocycles. The lowest BCUT2D eigenvalue weighted by Gasteiger charge is -2.34. The van der Waals surface area contributed by atoms with Crippen LogP contribution in [0, 0.1) is 0 Å². The minimum atomic E-state index is 0.196. The minimum Gasteiger partial charge on any atom is -0.340 e.